The van der Waals surface area contributed by atoms with Crippen molar-refractivity contribution in [3.8, 4) is 0 Å². The molecule has 0 spiro atoms. The van der Waals surface area contributed by atoms with E-state index >= 15 is 0 Å². The van der Waals surface area contributed by atoms with Crippen LogP contribution in [0, 0.1) is 75.8 Å². The fourth-order valence-corrected chi connectivity index (χ4v) is 18.2. The van der Waals surface area contributed by atoms with Crippen molar-refractivity contribution in [2.45, 2.75) is 367 Å². The first-order valence-electron chi connectivity index (χ1n) is 35.1. The molecule has 0 aromatic carbocycles. The fraction of sp³-hybridized carbons (Fsp3) is 0.950. The lowest BCUT2D eigenvalue weighted by atomic mass is 9.65. The minimum atomic E-state index is -0.0590. The molecule has 0 aliphatic carbocycles. The molecule has 6 aliphatic rings. The third kappa shape index (κ3) is 40.8. The van der Waals surface area contributed by atoms with Crippen LogP contribution in [-0.4, -0.2) is 79.4 Å². The van der Waals surface area contributed by atoms with Crippen LogP contribution in [0.3, 0.4) is 0 Å². The maximum absolute atomic E-state index is 6.09. The summed E-state index contributed by atoms with van der Waals surface area (Å²) in [5.74, 6) is 1.38. The third-order valence-electron chi connectivity index (χ3n) is 15.7. The van der Waals surface area contributed by atoms with Gasteiger partial charge in [-0.25, -0.2) is 0 Å². The van der Waals surface area contributed by atoms with Gasteiger partial charge in [0, 0.05) is 34.9 Å². The van der Waals surface area contributed by atoms with Crippen molar-refractivity contribution in [3.63, 3.8) is 0 Å². The number of nitrogens with zero attached hydrogens (tertiary/aromatic N) is 2. The van der Waals surface area contributed by atoms with E-state index in [2.05, 4.69) is 289 Å². The Balaban J connectivity index is 0.000000523. The highest BCUT2D eigenvalue weighted by Gasteiger charge is 2.50. The number of thioether (sulfide) groups is 1. The summed E-state index contributed by atoms with van der Waals surface area (Å²) in [5.41, 5.74) is 5.58. The van der Waals surface area contributed by atoms with E-state index in [0.717, 1.165) is 52.4 Å². The molecule has 0 N–H and O–H groups in total. The van der Waals surface area contributed by atoms with Crippen LogP contribution in [0.1, 0.15) is 346 Å². The molecule has 0 aromatic rings. The lowest BCUT2D eigenvalue weighted by molar-refractivity contribution is -0.0524. The van der Waals surface area contributed by atoms with Gasteiger partial charge in [0.05, 0.1) is 37.6 Å². The molecule has 3 saturated heterocycles. The summed E-state index contributed by atoms with van der Waals surface area (Å²) in [4.78, 5) is 8.57. The van der Waals surface area contributed by atoms with Crippen molar-refractivity contribution >= 4 is 24.4 Å². The number of hydrogen-bond acceptors (Lipinski definition) is 7. The quantitative estimate of drug-likeness (QED) is 0.144. The summed E-state index contributed by atoms with van der Waals surface area (Å²) < 4.78 is 23.8. The van der Waals surface area contributed by atoms with Gasteiger partial charge in [0.1, 0.15) is 5.60 Å². The standard InChI is InChI=1S/C15H28O.C14H28O.C13H25NO.C13H25N.C13H26S.C12H24O/c1-13(2,3)10-15(11-14(4,5)6)8-7-9-16-12-15;1-12(2,3)10-14(8-7-9-15-14)11-13(4,5)6;1-11(2,3)7-13(8-12(4,5)6)9-14-10-15-13;1-11(2,3)7-13(9-14-10-13)8-12(4,5)6;1-11(2,3)9-13(7-8-14-13)10-12(4,5)6;1-10(2,3)7-12(9-13-12)8-11(4,5)6/h7-8H,9-12H2,1-6H3;7-11H2,1-6H3;10H,7-9H2,1-6H3;9H,7-8,10H2,1-6H3;7-10H2,1-6H3;7-9H2,1-6H3. The molecule has 0 saturated carbocycles. The second-order valence-corrected chi connectivity index (χ2v) is 45.7. The molecule has 6 heterocycles. The molecule has 6 aliphatic heterocycles. The lowest BCUT2D eigenvalue weighted by Gasteiger charge is -2.48. The Morgan fingerprint density at radius 3 is 0.897 bits per heavy atom. The van der Waals surface area contributed by atoms with Gasteiger partial charge in [-0.1, -0.05) is 261 Å². The highest BCUT2D eigenvalue weighted by Crippen LogP contribution is 2.54. The molecule has 0 aromatic heterocycles. The molecule has 0 amide bonds. The van der Waals surface area contributed by atoms with Gasteiger partial charge in [0.2, 0.25) is 0 Å². The molecule has 87 heavy (non-hydrogen) atoms. The van der Waals surface area contributed by atoms with Gasteiger partial charge in [-0.05, 0) is 167 Å². The molecule has 0 bridgehead atoms. The zero-order valence-electron chi connectivity index (χ0n) is 65.8. The van der Waals surface area contributed by atoms with Crippen molar-refractivity contribution in [3.05, 3.63) is 12.2 Å². The van der Waals surface area contributed by atoms with Crippen molar-refractivity contribution in [2.24, 2.45) is 85.8 Å². The number of rotatable bonds is 12. The van der Waals surface area contributed by atoms with Crippen LogP contribution in [-0.2, 0) is 18.9 Å². The van der Waals surface area contributed by atoms with E-state index in [0.29, 0.717) is 75.1 Å². The first-order chi connectivity index (χ1) is 38.2. The lowest BCUT2D eigenvalue weighted by Crippen LogP contribution is -2.41. The Morgan fingerprint density at radius 1 is 0.356 bits per heavy atom. The predicted octanol–water partition coefficient (Wildman–Crippen LogP) is 24.8. The summed E-state index contributed by atoms with van der Waals surface area (Å²) in [6.07, 6.45) is 27.0. The first-order valence-corrected chi connectivity index (χ1v) is 36.1. The molecule has 6 rings (SSSR count). The van der Waals surface area contributed by atoms with Crippen molar-refractivity contribution in [1.29, 1.82) is 0 Å². The van der Waals surface area contributed by atoms with Crippen molar-refractivity contribution < 1.29 is 18.9 Å². The van der Waals surface area contributed by atoms with E-state index in [1.807, 2.05) is 0 Å². The van der Waals surface area contributed by atoms with Crippen LogP contribution >= 0.6 is 11.8 Å². The molecule has 516 valence electrons. The Labute approximate surface area is 550 Å². The summed E-state index contributed by atoms with van der Waals surface area (Å²) in [7, 11) is 0. The van der Waals surface area contributed by atoms with Gasteiger partial charge < -0.3 is 18.9 Å². The molecule has 0 radical (unpaired) electrons. The van der Waals surface area contributed by atoms with E-state index in [4.69, 9.17) is 18.9 Å². The van der Waals surface area contributed by atoms with Crippen molar-refractivity contribution in [1.82, 2.24) is 0 Å². The molecule has 0 unspecified atom stereocenters. The number of ether oxygens (including phenoxy) is 4. The smallest absolute Gasteiger partial charge is 0.170 e. The van der Waals surface area contributed by atoms with Crippen LogP contribution in [0.2, 0.25) is 0 Å². The Hall–Kier alpha value is -0.890. The van der Waals surface area contributed by atoms with E-state index in [9.17, 15) is 0 Å². The third-order valence-corrected chi connectivity index (χ3v) is 17.2. The summed E-state index contributed by atoms with van der Waals surface area (Å²) in [6.45, 7) is 88.8. The molecule has 0 atom stereocenters. The fourth-order valence-electron chi connectivity index (χ4n) is 16.4. The Kier molecular flexibility index (Phi) is 29.7. The average molecular weight is 1240 g/mol. The highest BCUT2D eigenvalue weighted by atomic mass is 32.2. The van der Waals surface area contributed by atoms with Crippen molar-refractivity contribution in [2.75, 3.05) is 45.3 Å². The topological polar surface area (TPSA) is 64.9 Å². The normalized spacial score (nSPS) is 21.3. The monoisotopic (exact) mass is 1240 g/mol. The average Bonchev–Trinajstić information content (AvgIpc) is 3.49. The first kappa shape index (κ1) is 84.1. The largest absolute Gasteiger partial charge is 0.475 e. The SMILES string of the molecule is CC(C)(C)CC1(CC(C)(C)C)C=CCOC1.CC(C)(C)CC1(CC(C)(C)C)C=NC1.CC(C)(C)CC1(CC(C)(C)C)CCCO1.CC(C)(C)CC1(CC(C)(C)C)CCS1.CC(C)(C)CC1(CC(C)(C)C)CN=CO1.CC(C)(C)CC1(CC(C)(C)C)CO1. The van der Waals surface area contributed by atoms with Gasteiger partial charge in [-0.2, -0.15) is 11.8 Å². The summed E-state index contributed by atoms with van der Waals surface area (Å²) in [5, 5.41) is 0. The van der Waals surface area contributed by atoms with E-state index in [1.54, 1.807) is 6.40 Å². The zero-order chi connectivity index (χ0) is 68.3. The Bertz CT molecular complexity index is 1920. The number of epoxide rings is 1. The Morgan fingerprint density at radius 2 is 0.678 bits per heavy atom. The van der Waals surface area contributed by atoms with Crippen LogP contribution < -0.4 is 0 Å². The van der Waals surface area contributed by atoms with Crippen LogP contribution in [0.5, 0.6) is 0 Å². The van der Waals surface area contributed by atoms with Gasteiger partial charge in [-0.3, -0.25) is 9.98 Å². The molecule has 6 nitrogen and oxygen atoms in total. The van der Waals surface area contributed by atoms with E-state index in [-0.39, 0.29) is 22.2 Å². The number of hydrogen-bond donors (Lipinski definition) is 0. The minimum Gasteiger partial charge on any atom is -0.475 e. The summed E-state index contributed by atoms with van der Waals surface area (Å²) in [6, 6.07) is 0. The molecular formula is C80H156N2O4S. The van der Waals surface area contributed by atoms with E-state index < -0.39 is 0 Å². The van der Waals surface area contributed by atoms with Gasteiger partial charge in [0.25, 0.3) is 0 Å². The van der Waals surface area contributed by atoms with Crippen LogP contribution in [0.4, 0.5) is 0 Å². The van der Waals surface area contributed by atoms with Gasteiger partial charge in [0.15, 0.2) is 6.40 Å². The highest BCUT2D eigenvalue weighted by molar-refractivity contribution is 8.02. The second-order valence-electron chi connectivity index (χ2n) is 44.1. The zero-order valence-corrected chi connectivity index (χ0v) is 66.6. The van der Waals surface area contributed by atoms with E-state index in [1.165, 1.54) is 89.2 Å². The van der Waals surface area contributed by atoms with Gasteiger partial charge in [-0.15, -0.1) is 0 Å². The molecule has 3 fully saturated rings. The maximum Gasteiger partial charge on any atom is 0.170 e. The number of aliphatic imine (C=N–C) groups is 2. The second kappa shape index (κ2) is 30.7. The van der Waals surface area contributed by atoms with Gasteiger partial charge >= 0.3 is 0 Å². The van der Waals surface area contributed by atoms with Crippen LogP contribution in [0.25, 0.3) is 0 Å². The maximum atomic E-state index is 6.09. The summed E-state index contributed by atoms with van der Waals surface area (Å²) >= 11 is 2.21. The molecular weight excluding hydrogens is 1080 g/mol. The minimum absolute atomic E-state index is 0.0590. The van der Waals surface area contributed by atoms with Crippen LogP contribution in [0.15, 0.2) is 22.1 Å². The predicted molar refractivity (Wildman–Crippen MR) is 391 cm³/mol. The molecule has 7 heteroatoms.